The first kappa shape index (κ1) is 26.1. The van der Waals surface area contributed by atoms with Crippen LogP contribution in [0.15, 0.2) is 18.2 Å². The molecule has 0 saturated carbocycles. The third kappa shape index (κ3) is 3.62. The molecule has 3 aromatic rings. The highest BCUT2D eigenvalue weighted by atomic mass is 35.5. The van der Waals surface area contributed by atoms with Crippen LogP contribution in [0.5, 0.6) is 11.5 Å². The zero-order chi connectivity index (χ0) is 28.9. The van der Waals surface area contributed by atoms with Crippen molar-refractivity contribution in [3.05, 3.63) is 83.3 Å². The number of benzene rings is 3. The van der Waals surface area contributed by atoms with E-state index in [1.165, 1.54) is 28.2 Å². The fraction of sp³-hybridized carbons (Fsp3) is 0.364. The minimum Gasteiger partial charge on any atom is -0.478 e. The van der Waals surface area contributed by atoms with Gasteiger partial charge >= 0.3 is 11.9 Å². The second kappa shape index (κ2) is 9.48. The van der Waals surface area contributed by atoms with E-state index < -0.39 is 11.9 Å². The smallest absolute Gasteiger partial charge is 0.337 e. The van der Waals surface area contributed by atoms with Gasteiger partial charge in [0.1, 0.15) is 24.6 Å². The Labute approximate surface area is 252 Å². The van der Waals surface area contributed by atoms with Crippen LogP contribution in [0, 0.1) is 0 Å². The van der Waals surface area contributed by atoms with Crippen molar-refractivity contribution < 1.29 is 24.5 Å². The number of aromatic carboxylic acids is 2. The van der Waals surface area contributed by atoms with Crippen LogP contribution in [0.3, 0.4) is 0 Å². The second-order valence-electron chi connectivity index (χ2n) is 11.9. The molecule has 5 aliphatic rings. The van der Waals surface area contributed by atoms with Crippen molar-refractivity contribution in [1.29, 1.82) is 0 Å². The van der Waals surface area contributed by atoms with Gasteiger partial charge in [-0.2, -0.15) is 0 Å². The zero-order valence-electron chi connectivity index (χ0n) is 23.0. The van der Waals surface area contributed by atoms with Crippen molar-refractivity contribution in [2.45, 2.75) is 51.4 Å². The number of nitrogens with zero attached hydrogens (tertiary/aromatic N) is 2. The Morgan fingerprint density at radius 1 is 0.833 bits per heavy atom. The molecule has 0 aromatic heterocycles. The largest absolute Gasteiger partial charge is 0.478 e. The fourth-order valence-corrected chi connectivity index (χ4v) is 8.62. The Morgan fingerprint density at radius 3 is 2.31 bits per heavy atom. The van der Waals surface area contributed by atoms with E-state index in [2.05, 4.69) is 21.6 Å². The maximum Gasteiger partial charge on any atom is 0.337 e. The SMILES string of the molecule is O=C(O)c1cc(Cl)c(C2=c3cc4c5c(c3Oc3c2cc2c6c3CCCN6CCC2)CCC[N+]=5CCC4)c(C(=O)O)c1Cl. The van der Waals surface area contributed by atoms with E-state index in [-0.39, 0.29) is 26.7 Å². The molecule has 0 aliphatic carbocycles. The average molecular weight is 605 g/mol. The number of carboxylic acids is 2. The molecule has 0 radical (unpaired) electrons. The summed E-state index contributed by atoms with van der Waals surface area (Å²) >= 11 is 13.5. The van der Waals surface area contributed by atoms with Crippen molar-refractivity contribution in [1.82, 2.24) is 4.58 Å². The molecule has 9 heteroatoms. The molecule has 8 rings (SSSR count). The van der Waals surface area contributed by atoms with E-state index >= 15 is 0 Å². The molecule has 0 atom stereocenters. The third-order valence-electron chi connectivity index (χ3n) is 9.60. The van der Waals surface area contributed by atoms with E-state index in [1.807, 2.05) is 0 Å². The van der Waals surface area contributed by atoms with Crippen LogP contribution in [0.4, 0.5) is 5.69 Å². The number of carbonyl (C=O) groups is 2. The molecule has 2 N–H and O–H groups in total. The monoisotopic (exact) mass is 603 g/mol. The van der Waals surface area contributed by atoms with Crippen LogP contribution in [0.25, 0.3) is 5.57 Å². The van der Waals surface area contributed by atoms with Crippen LogP contribution in [0.2, 0.25) is 10.0 Å². The van der Waals surface area contributed by atoms with Gasteiger partial charge in [0, 0.05) is 64.7 Å². The van der Waals surface area contributed by atoms with Crippen molar-refractivity contribution in [2.75, 3.05) is 31.1 Å². The quantitative estimate of drug-likeness (QED) is 0.326. The summed E-state index contributed by atoms with van der Waals surface area (Å²) < 4.78 is 9.47. The molecule has 0 spiro atoms. The number of anilines is 1. The number of hydrogen-bond donors (Lipinski definition) is 2. The van der Waals surface area contributed by atoms with Crippen LogP contribution in [-0.4, -0.2) is 48.3 Å². The van der Waals surface area contributed by atoms with Crippen LogP contribution >= 0.6 is 23.2 Å². The summed E-state index contributed by atoms with van der Waals surface area (Å²) in [6, 6.07) is 5.59. The predicted octanol–water partition coefficient (Wildman–Crippen LogP) is 4.83. The van der Waals surface area contributed by atoms with Gasteiger partial charge < -0.3 is 19.8 Å². The Kier molecular flexibility index (Phi) is 5.89. The molecule has 0 bridgehead atoms. The molecule has 0 saturated heterocycles. The first-order valence-corrected chi connectivity index (χ1v) is 15.5. The van der Waals surface area contributed by atoms with Crippen LogP contribution < -0.4 is 24.8 Å². The van der Waals surface area contributed by atoms with Gasteiger partial charge in [-0.1, -0.05) is 23.2 Å². The lowest BCUT2D eigenvalue weighted by atomic mass is 9.81. The van der Waals surface area contributed by atoms with E-state index in [9.17, 15) is 19.8 Å². The maximum absolute atomic E-state index is 12.9. The highest BCUT2D eigenvalue weighted by molar-refractivity contribution is 6.40. The van der Waals surface area contributed by atoms with Gasteiger partial charge in [-0.15, -0.1) is 0 Å². The van der Waals surface area contributed by atoms with Crippen molar-refractivity contribution >= 4 is 46.4 Å². The predicted molar refractivity (Wildman–Crippen MR) is 161 cm³/mol. The molecule has 0 amide bonds. The molecule has 7 nitrogen and oxygen atoms in total. The number of hydrogen-bond acceptors (Lipinski definition) is 4. The second-order valence-corrected chi connectivity index (χ2v) is 12.7. The molecule has 5 aliphatic heterocycles. The van der Waals surface area contributed by atoms with Crippen LogP contribution in [0.1, 0.15) is 79.8 Å². The normalized spacial score (nSPS) is 18.0. The van der Waals surface area contributed by atoms with Crippen molar-refractivity contribution in [3.63, 3.8) is 0 Å². The molecule has 5 heterocycles. The number of carboxylic acid groups (broad SMARTS) is 2. The average Bonchev–Trinajstić information content (AvgIpc) is 2.98. The zero-order valence-corrected chi connectivity index (χ0v) is 24.5. The van der Waals surface area contributed by atoms with Gasteiger partial charge in [0.15, 0.2) is 0 Å². The molecule has 0 fully saturated rings. The minimum atomic E-state index is -1.33. The summed E-state index contributed by atoms with van der Waals surface area (Å²) in [4.78, 5) is 27.3. The Morgan fingerprint density at radius 2 is 1.55 bits per heavy atom. The van der Waals surface area contributed by atoms with Crippen LogP contribution in [-0.2, 0) is 25.7 Å². The highest BCUT2D eigenvalue weighted by Gasteiger charge is 2.38. The third-order valence-corrected chi connectivity index (χ3v) is 10.3. The standard InChI is InChI=1S/C33H28Cl2N2O5/c34-23-15-22(32(38)39)27(35)26(33(40)41)25(23)24-20-13-16-5-1-9-36-11-3-7-18(28(16)36)30(20)42-31-19-8-4-12-37-10-2-6-17(29(19)37)14-21(24)31/h13-15H,1-12H2,(H-,38,39,40,41)/p+1. The Bertz CT molecular complexity index is 1910. The lowest BCUT2D eigenvalue weighted by Gasteiger charge is -2.39. The van der Waals surface area contributed by atoms with Gasteiger partial charge in [-0.25, -0.2) is 14.2 Å². The lowest BCUT2D eigenvalue weighted by Crippen LogP contribution is -2.45. The molecular formula is C33H29Cl2N2O5+. The summed E-state index contributed by atoms with van der Waals surface area (Å²) in [7, 11) is 0. The minimum absolute atomic E-state index is 0.0454. The summed E-state index contributed by atoms with van der Waals surface area (Å²) in [5.41, 5.74) is 7.12. The number of fused-ring (bicyclic) bond motifs is 4. The number of aryl methyl sites for hydroxylation is 2. The lowest BCUT2D eigenvalue weighted by molar-refractivity contribution is 0.0695. The summed E-state index contributed by atoms with van der Waals surface area (Å²) in [6.45, 7) is 4.06. The first-order valence-electron chi connectivity index (χ1n) is 14.8. The van der Waals surface area contributed by atoms with Gasteiger partial charge in [-0.05, 0) is 62.3 Å². The van der Waals surface area contributed by atoms with Crippen molar-refractivity contribution in [2.24, 2.45) is 0 Å². The van der Waals surface area contributed by atoms with Crippen molar-refractivity contribution in [3.8, 4) is 11.5 Å². The topological polar surface area (TPSA) is 90.1 Å². The van der Waals surface area contributed by atoms with Gasteiger partial charge in [-0.3, -0.25) is 0 Å². The number of ether oxygens (including phenoxy) is 1. The fourth-order valence-electron chi connectivity index (χ4n) is 8.01. The maximum atomic E-state index is 12.9. The Hall–Kier alpha value is -3.55. The first-order chi connectivity index (χ1) is 20.3. The van der Waals surface area contributed by atoms with E-state index in [4.69, 9.17) is 27.9 Å². The van der Waals surface area contributed by atoms with Gasteiger partial charge in [0.05, 0.1) is 26.7 Å². The van der Waals surface area contributed by atoms with E-state index in [0.717, 1.165) is 111 Å². The molecular weight excluding hydrogens is 575 g/mol. The Balaban J connectivity index is 1.57. The van der Waals surface area contributed by atoms with E-state index in [0.29, 0.717) is 5.57 Å². The summed E-state index contributed by atoms with van der Waals surface area (Å²) in [5, 5.41) is 22.1. The highest BCUT2D eigenvalue weighted by Crippen LogP contribution is 2.50. The molecule has 42 heavy (non-hydrogen) atoms. The van der Waals surface area contributed by atoms with Gasteiger partial charge in [0.25, 0.3) is 0 Å². The number of rotatable bonds is 3. The van der Waals surface area contributed by atoms with Gasteiger partial charge in [0.2, 0.25) is 5.36 Å². The molecule has 0 unspecified atom stereocenters. The summed E-state index contributed by atoms with van der Waals surface area (Å²) in [5.74, 6) is -1.13. The number of halogens is 2. The summed E-state index contributed by atoms with van der Waals surface area (Å²) in [6.07, 6.45) is 7.71. The molecule has 214 valence electrons. The molecule has 3 aromatic carbocycles. The van der Waals surface area contributed by atoms with E-state index in [1.54, 1.807) is 0 Å².